The maximum atomic E-state index is 12.5. The molecule has 0 aromatic carbocycles. The lowest BCUT2D eigenvalue weighted by Crippen LogP contribution is -2.30. The summed E-state index contributed by atoms with van der Waals surface area (Å²) in [5.74, 6) is -0.0489. The highest BCUT2D eigenvalue weighted by Gasteiger charge is 2.19. The number of carbonyl (C=O) groups is 3. The molecule has 0 unspecified atom stereocenters. The zero-order valence-electron chi connectivity index (χ0n) is 36.0. The van der Waals surface area contributed by atoms with E-state index in [1.165, 1.54) is 148 Å². The van der Waals surface area contributed by atoms with Crippen molar-refractivity contribution in [1.29, 1.82) is 0 Å². The van der Waals surface area contributed by atoms with E-state index in [2.05, 4.69) is 27.7 Å². The van der Waals surface area contributed by atoms with Crippen molar-refractivity contribution in [1.82, 2.24) is 0 Å². The van der Waals surface area contributed by atoms with E-state index in [4.69, 9.17) is 14.2 Å². The Kier molecular flexibility index (Phi) is 40.3. The van der Waals surface area contributed by atoms with Gasteiger partial charge < -0.3 is 14.2 Å². The van der Waals surface area contributed by atoms with E-state index in [0.717, 1.165) is 70.1 Å². The standard InChI is InChI=1S/C47H90O6/c1-5-7-9-11-12-13-14-15-16-17-18-19-20-24-27-31-34-38-45(48)51-41-44(53-47(50)40-36-29-10-8-6-2)42-52-46(49)39-35-32-28-25-22-21-23-26-30-33-37-43(3)4/h43-44H,5-42H2,1-4H3/t44-/m0/s1. The molecule has 0 aromatic heterocycles. The summed E-state index contributed by atoms with van der Waals surface area (Å²) in [6.07, 6.45) is 41.2. The Morgan fingerprint density at radius 1 is 0.358 bits per heavy atom. The molecule has 0 spiro atoms. The average molecular weight is 751 g/mol. The van der Waals surface area contributed by atoms with Gasteiger partial charge in [0.15, 0.2) is 6.10 Å². The summed E-state index contributed by atoms with van der Waals surface area (Å²) < 4.78 is 16.6. The maximum absolute atomic E-state index is 12.5. The molecule has 0 saturated carbocycles. The van der Waals surface area contributed by atoms with Crippen LogP contribution in [-0.2, 0) is 28.6 Å². The maximum Gasteiger partial charge on any atom is 0.306 e. The molecule has 0 N–H and O–H groups in total. The number of carbonyl (C=O) groups excluding carboxylic acids is 3. The van der Waals surface area contributed by atoms with Crippen molar-refractivity contribution < 1.29 is 28.6 Å². The summed E-state index contributed by atoms with van der Waals surface area (Å²) >= 11 is 0. The monoisotopic (exact) mass is 751 g/mol. The van der Waals surface area contributed by atoms with E-state index >= 15 is 0 Å². The number of hydrogen-bond donors (Lipinski definition) is 0. The van der Waals surface area contributed by atoms with Crippen molar-refractivity contribution in [3.63, 3.8) is 0 Å². The molecule has 6 heteroatoms. The molecule has 0 fully saturated rings. The lowest BCUT2D eigenvalue weighted by Gasteiger charge is -2.18. The molecule has 0 aromatic rings. The first kappa shape index (κ1) is 51.4. The fourth-order valence-corrected chi connectivity index (χ4v) is 6.98. The third-order valence-electron chi connectivity index (χ3n) is 10.5. The summed E-state index contributed by atoms with van der Waals surface area (Å²) in [5.41, 5.74) is 0. The molecule has 0 rings (SSSR count). The topological polar surface area (TPSA) is 78.9 Å². The Labute approximate surface area is 329 Å². The summed E-state index contributed by atoms with van der Waals surface area (Å²) in [6.45, 7) is 8.91. The zero-order chi connectivity index (χ0) is 38.9. The van der Waals surface area contributed by atoms with Gasteiger partial charge in [0, 0.05) is 19.3 Å². The molecule has 0 aliphatic carbocycles. The van der Waals surface area contributed by atoms with Crippen LogP contribution in [0.5, 0.6) is 0 Å². The molecular formula is C47H90O6. The quantitative estimate of drug-likeness (QED) is 0.0351. The minimum absolute atomic E-state index is 0.0651. The highest BCUT2D eigenvalue weighted by atomic mass is 16.6. The van der Waals surface area contributed by atoms with Crippen molar-refractivity contribution in [3.05, 3.63) is 0 Å². The second-order valence-electron chi connectivity index (χ2n) is 16.5. The van der Waals surface area contributed by atoms with E-state index in [1.807, 2.05) is 0 Å². The van der Waals surface area contributed by atoms with Crippen LogP contribution in [0.4, 0.5) is 0 Å². The normalized spacial score (nSPS) is 11.9. The fraction of sp³-hybridized carbons (Fsp3) is 0.936. The van der Waals surface area contributed by atoms with Crippen LogP contribution in [0.2, 0.25) is 0 Å². The van der Waals surface area contributed by atoms with Crippen molar-refractivity contribution in [2.75, 3.05) is 13.2 Å². The van der Waals surface area contributed by atoms with Gasteiger partial charge in [-0.1, -0.05) is 220 Å². The van der Waals surface area contributed by atoms with Gasteiger partial charge in [0.25, 0.3) is 0 Å². The molecule has 314 valence electrons. The van der Waals surface area contributed by atoms with Crippen LogP contribution in [0, 0.1) is 5.92 Å². The number of unbranched alkanes of at least 4 members (excludes halogenated alkanes) is 29. The minimum atomic E-state index is -0.757. The minimum Gasteiger partial charge on any atom is -0.462 e. The number of hydrogen-bond acceptors (Lipinski definition) is 6. The van der Waals surface area contributed by atoms with Gasteiger partial charge in [-0.25, -0.2) is 0 Å². The first-order valence-corrected chi connectivity index (χ1v) is 23.4. The van der Waals surface area contributed by atoms with Gasteiger partial charge in [0.05, 0.1) is 0 Å². The highest BCUT2D eigenvalue weighted by Crippen LogP contribution is 2.16. The van der Waals surface area contributed by atoms with Crippen molar-refractivity contribution >= 4 is 17.9 Å². The lowest BCUT2D eigenvalue weighted by atomic mass is 10.0. The van der Waals surface area contributed by atoms with Gasteiger partial charge in [-0.3, -0.25) is 14.4 Å². The summed E-state index contributed by atoms with van der Waals surface area (Å²) in [5, 5.41) is 0. The predicted molar refractivity (Wildman–Crippen MR) is 224 cm³/mol. The van der Waals surface area contributed by atoms with E-state index in [1.54, 1.807) is 0 Å². The highest BCUT2D eigenvalue weighted by molar-refractivity contribution is 5.71. The van der Waals surface area contributed by atoms with E-state index in [0.29, 0.717) is 19.3 Å². The molecule has 0 amide bonds. The van der Waals surface area contributed by atoms with Gasteiger partial charge in [-0.15, -0.1) is 0 Å². The van der Waals surface area contributed by atoms with Gasteiger partial charge >= 0.3 is 17.9 Å². The van der Waals surface area contributed by atoms with E-state index in [9.17, 15) is 14.4 Å². The molecular weight excluding hydrogens is 661 g/mol. The summed E-state index contributed by atoms with van der Waals surface area (Å²) in [4.78, 5) is 37.5. The Balaban J connectivity index is 4.10. The van der Waals surface area contributed by atoms with Crippen LogP contribution in [0.25, 0.3) is 0 Å². The SMILES string of the molecule is CCCCCCCCCCCCCCCCCCCC(=O)OC[C@@H](COC(=O)CCCCCCCCCCCCC(C)C)OC(=O)CCCCCCC. The summed E-state index contributed by atoms with van der Waals surface area (Å²) in [6, 6.07) is 0. The molecule has 0 radical (unpaired) electrons. The number of ether oxygens (including phenoxy) is 3. The van der Waals surface area contributed by atoms with Gasteiger partial charge in [0.2, 0.25) is 0 Å². The third-order valence-corrected chi connectivity index (χ3v) is 10.5. The van der Waals surface area contributed by atoms with Gasteiger partial charge in [0.1, 0.15) is 13.2 Å². The number of esters is 3. The van der Waals surface area contributed by atoms with Crippen LogP contribution in [0.15, 0.2) is 0 Å². The second-order valence-corrected chi connectivity index (χ2v) is 16.5. The molecule has 53 heavy (non-hydrogen) atoms. The average Bonchev–Trinajstić information content (AvgIpc) is 3.14. The first-order valence-electron chi connectivity index (χ1n) is 23.4. The molecule has 0 aliphatic heterocycles. The van der Waals surface area contributed by atoms with E-state index in [-0.39, 0.29) is 31.1 Å². The second kappa shape index (κ2) is 41.6. The van der Waals surface area contributed by atoms with Crippen molar-refractivity contribution in [2.45, 2.75) is 265 Å². The predicted octanol–water partition coefficient (Wildman–Crippen LogP) is 14.7. The van der Waals surface area contributed by atoms with Gasteiger partial charge in [-0.2, -0.15) is 0 Å². The molecule has 0 bridgehead atoms. The largest absolute Gasteiger partial charge is 0.462 e. The third kappa shape index (κ3) is 41.4. The van der Waals surface area contributed by atoms with Crippen molar-refractivity contribution in [3.8, 4) is 0 Å². The van der Waals surface area contributed by atoms with Crippen LogP contribution in [0.3, 0.4) is 0 Å². The molecule has 0 aliphatic rings. The summed E-state index contributed by atoms with van der Waals surface area (Å²) in [7, 11) is 0. The first-order chi connectivity index (χ1) is 25.9. The lowest BCUT2D eigenvalue weighted by molar-refractivity contribution is -0.167. The fourth-order valence-electron chi connectivity index (χ4n) is 6.98. The van der Waals surface area contributed by atoms with Crippen molar-refractivity contribution in [2.24, 2.45) is 5.92 Å². The Morgan fingerprint density at radius 2 is 0.623 bits per heavy atom. The van der Waals surface area contributed by atoms with Crippen LogP contribution in [-0.4, -0.2) is 37.2 Å². The Hall–Kier alpha value is -1.59. The smallest absolute Gasteiger partial charge is 0.306 e. The van der Waals surface area contributed by atoms with Crippen LogP contribution in [0.1, 0.15) is 259 Å². The number of rotatable bonds is 42. The zero-order valence-corrected chi connectivity index (χ0v) is 36.0. The van der Waals surface area contributed by atoms with Gasteiger partial charge in [-0.05, 0) is 25.2 Å². The Bertz CT molecular complexity index is 796. The Morgan fingerprint density at radius 3 is 0.925 bits per heavy atom. The molecule has 1 atom stereocenters. The molecule has 6 nitrogen and oxygen atoms in total. The molecule has 0 heterocycles. The van der Waals surface area contributed by atoms with Crippen LogP contribution < -0.4 is 0 Å². The van der Waals surface area contributed by atoms with E-state index < -0.39 is 6.10 Å². The molecule has 0 saturated heterocycles. The van der Waals surface area contributed by atoms with Crippen LogP contribution >= 0.6 is 0 Å².